The summed E-state index contributed by atoms with van der Waals surface area (Å²) in [6.07, 6.45) is -0.00184. The van der Waals surface area contributed by atoms with E-state index in [4.69, 9.17) is 0 Å². The van der Waals surface area contributed by atoms with Crippen LogP contribution in [0.5, 0.6) is 0 Å². The maximum absolute atomic E-state index is 12.3. The number of amides is 2. The van der Waals surface area contributed by atoms with E-state index in [1.807, 2.05) is 0 Å². The number of nitrogens with one attached hydrogen (secondary N) is 1. The highest BCUT2D eigenvalue weighted by atomic mass is 32.1. The van der Waals surface area contributed by atoms with Gasteiger partial charge in [-0.3, -0.25) is 24.3 Å². The Balaban J connectivity index is 2.26. The second-order valence-electron chi connectivity index (χ2n) is 4.10. The molecule has 2 amide bonds. The number of nitrogens with zero attached hydrogens (tertiary/aromatic N) is 2. The minimum Gasteiger partial charge on any atom is -0.295 e. The summed E-state index contributed by atoms with van der Waals surface area (Å²) in [7, 11) is 0. The van der Waals surface area contributed by atoms with Crippen LogP contribution in [0, 0.1) is 6.92 Å². The molecule has 18 heavy (non-hydrogen) atoms. The largest absolute Gasteiger partial charge is 0.295 e. The van der Waals surface area contributed by atoms with E-state index in [2.05, 4.69) is 10.3 Å². The van der Waals surface area contributed by atoms with Gasteiger partial charge in [0.15, 0.2) is 0 Å². The van der Waals surface area contributed by atoms with Gasteiger partial charge in [0.05, 0.1) is 11.9 Å². The van der Waals surface area contributed by atoms with Crippen LogP contribution in [0.25, 0.3) is 10.2 Å². The van der Waals surface area contributed by atoms with E-state index in [9.17, 15) is 14.4 Å². The molecule has 0 radical (unpaired) electrons. The van der Waals surface area contributed by atoms with Crippen LogP contribution in [0.3, 0.4) is 0 Å². The molecule has 1 atom stereocenters. The van der Waals surface area contributed by atoms with E-state index >= 15 is 0 Å². The summed E-state index contributed by atoms with van der Waals surface area (Å²) >= 11 is 1.29. The SMILES string of the molecule is Cc1nc2ccsc2c(=O)n1C1CC(=O)NC1=O. The Morgan fingerprint density at radius 2 is 2.22 bits per heavy atom. The molecule has 3 rings (SSSR count). The van der Waals surface area contributed by atoms with Crippen LogP contribution in [0.1, 0.15) is 18.3 Å². The summed E-state index contributed by atoms with van der Waals surface area (Å²) in [6.45, 7) is 1.66. The molecule has 0 spiro atoms. The number of carbonyl (C=O) groups is 2. The number of carbonyl (C=O) groups excluding carboxylic acids is 2. The van der Waals surface area contributed by atoms with Gasteiger partial charge in [0.25, 0.3) is 5.56 Å². The molecule has 2 aromatic heterocycles. The molecular weight excluding hydrogens is 254 g/mol. The summed E-state index contributed by atoms with van der Waals surface area (Å²) in [5.74, 6) is -0.355. The summed E-state index contributed by atoms with van der Waals surface area (Å²) in [6, 6.07) is 0.988. The van der Waals surface area contributed by atoms with Gasteiger partial charge in [-0.05, 0) is 18.4 Å². The predicted octanol–water partition coefficient (Wildman–Crippen LogP) is 0.354. The molecule has 7 heteroatoms. The molecule has 3 heterocycles. The molecule has 1 fully saturated rings. The zero-order chi connectivity index (χ0) is 12.9. The lowest BCUT2D eigenvalue weighted by molar-refractivity contribution is -0.125. The lowest BCUT2D eigenvalue weighted by Gasteiger charge is -2.13. The van der Waals surface area contributed by atoms with Gasteiger partial charge in [0.2, 0.25) is 11.8 Å². The molecule has 2 aromatic rings. The van der Waals surface area contributed by atoms with E-state index in [0.717, 1.165) is 0 Å². The molecule has 0 bridgehead atoms. The highest BCUT2D eigenvalue weighted by molar-refractivity contribution is 7.17. The average Bonchev–Trinajstić information content (AvgIpc) is 2.86. The fraction of sp³-hybridized carbons (Fsp3) is 0.273. The van der Waals surface area contributed by atoms with Gasteiger partial charge >= 0.3 is 0 Å². The Labute approximate surface area is 105 Å². The van der Waals surface area contributed by atoms with Crippen molar-refractivity contribution in [1.82, 2.24) is 14.9 Å². The molecule has 1 aliphatic rings. The Hall–Kier alpha value is -2.02. The number of aromatic nitrogens is 2. The molecule has 1 saturated heterocycles. The first-order valence-electron chi connectivity index (χ1n) is 5.38. The van der Waals surface area contributed by atoms with Crippen LogP contribution in [-0.2, 0) is 9.59 Å². The van der Waals surface area contributed by atoms with Crippen molar-refractivity contribution in [3.05, 3.63) is 27.6 Å². The average molecular weight is 263 g/mol. The first-order chi connectivity index (χ1) is 8.58. The van der Waals surface area contributed by atoms with Gasteiger partial charge in [-0.25, -0.2) is 4.98 Å². The zero-order valence-corrected chi connectivity index (χ0v) is 10.3. The highest BCUT2D eigenvalue weighted by Crippen LogP contribution is 2.20. The number of fused-ring (bicyclic) bond motifs is 1. The normalized spacial score (nSPS) is 19.5. The molecule has 1 unspecified atom stereocenters. The highest BCUT2D eigenvalue weighted by Gasteiger charge is 2.34. The number of hydrogen-bond acceptors (Lipinski definition) is 5. The van der Waals surface area contributed by atoms with Crippen LogP contribution in [0.2, 0.25) is 0 Å². The lowest BCUT2D eigenvalue weighted by Crippen LogP contribution is -2.32. The fourth-order valence-corrected chi connectivity index (χ4v) is 2.92. The molecule has 0 saturated carbocycles. The molecule has 6 nitrogen and oxygen atoms in total. The minimum atomic E-state index is -0.774. The van der Waals surface area contributed by atoms with Gasteiger partial charge in [-0.15, -0.1) is 11.3 Å². The third-order valence-corrected chi connectivity index (χ3v) is 3.84. The van der Waals surface area contributed by atoms with Crippen molar-refractivity contribution in [3.8, 4) is 0 Å². The number of hydrogen-bond donors (Lipinski definition) is 1. The second kappa shape index (κ2) is 3.74. The maximum atomic E-state index is 12.3. The number of rotatable bonds is 1. The van der Waals surface area contributed by atoms with E-state index in [1.54, 1.807) is 18.4 Å². The third kappa shape index (κ3) is 1.47. The van der Waals surface area contributed by atoms with Crippen molar-refractivity contribution < 1.29 is 9.59 Å². The fourth-order valence-electron chi connectivity index (χ4n) is 2.15. The van der Waals surface area contributed by atoms with Crippen molar-refractivity contribution in [2.75, 3.05) is 0 Å². The van der Waals surface area contributed by atoms with Gasteiger partial charge in [-0.2, -0.15) is 0 Å². The molecule has 1 aliphatic heterocycles. The Kier molecular flexibility index (Phi) is 2.30. The Morgan fingerprint density at radius 3 is 2.89 bits per heavy atom. The quantitative estimate of drug-likeness (QED) is 0.753. The molecule has 0 aromatic carbocycles. The number of imide groups is 1. The molecule has 1 N–H and O–H groups in total. The van der Waals surface area contributed by atoms with E-state index in [0.29, 0.717) is 16.0 Å². The second-order valence-corrected chi connectivity index (χ2v) is 5.02. The maximum Gasteiger partial charge on any atom is 0.272 e. The minimum absolute atomic E-state index is 0.00184. The third-order valence-electron chi connectivity index (χ3n) is 2.94. The van der Waals surface area contributed by atoms with Crippen LogP contribution in [0.4, 0.5) is 0 Å². The van der Waals surface area contributed by atoms with E-state index in [-0.39, 0.29) is 17.9 Å². The number of thiophene rings is 1. The summed E-state index contributed by atoms with van der Waals surface area (Å²) in [4.78, 5) is 39.4. The lowest BCUT2D eigenvalue weighted by atomic mass is 10.2. The van der Waals surface area contributed by atoms with Crippen molar-refractivity contribution >= 4 is 33.4 Å². The van der Waals surface area contributed by atoms with Crippen molar-refractivity contribution in [2.24, 2.45) is 0 Å². The van der Waals surface area contributed by atoms with Gasteiger partial charge in [-0.1, -0.05) is 0 Å². The molecular formula is C11H9N3O3S. The Bertz CT molecular complexity index is 731. The summed E-state index contributed by atoms with van der Waals surface area (Å²) in [5.41, 5.74) is 0.367. The monoisotopic (exact) mass is 263 g/mol. The predicted molar refractivity (Wildman–Crippen MR) is 65.4 cm³/mol. The van der Waals surface area contributed by atoms with Gasteiger partial charge < -0.3 is 0 Å². The van der Waals surface area contributed by atoms with Gasteiger partial charge in [0, 0.05) is 0 Å². The number of aryl methyl sites for hydroxylation is 1. The smallest absolute Gasteiger partial charge is 0.272 e. The van der Waals surface area contributed by atoms with Crippen LogP contribution >= 0.6 is 11.3 Å². The standard InChI is InChI=1S/C11H9N3O3S/c1-5-12-6-2-3-18-9(6)11(17)14(5)7-4-8(15)13-10(7)16/h2-3,7H,4H2,1H3,(H,13,15,16). The zero-order valence-electron chi connectivity index (χ0n) is 9.47. The first kappa shape index (κ1) is 11.1. The van der Waals surface area contributed by atoms with E-state index in [1.165, 1.54) is 15.9 Å². The molecule has 92 valence electrons. The van der Waals surface area contributed by atoms with Crippen molar-refractivity contribution in [3.63, 3.8) is 0 Å². The summed E-state index contributed by atoms with van der Waals surface area (Å²) in [5, 5.41) is 3.98. The van der Waals surface area contributed by atoms with Crippen molar-refractivity contribution in [2.45, 2.75) is 19.4 Å². The van der Waals surface area contributed by atoms with E-state index < -0.39 is 11.9 Å². The topological polar surface area (TPSA) is 81.1 Å². The molecule has 0 aliphatic carbocycles. The van der Waals surface area contributed by atoms with Crippen molar-refractivity contribution in [1.29, 1.82) is 0 Å². The first-order valence-corrected chi connectivity index (χ1v) is 6.26. The summed E-state index contributed by atoms with van der Waals surface area (Å²) < 4.78 is 1.81. The Morgan fingerprint density at radius 1 is 1.44 bits per heavy atom. The van der Waals surface area contributed by atoms with Crippen LogP contribution in [0.15, 0.2) is 16.2 Å². The van der Waals surface area contributed by atoms with Crippen LogP contribution in [-0.4, -0.2) is 21.4 Å². The van der Waals surface area contributed by atoms with Gasteiger partial charge in [0.1, 0.15) is 16.6 Å². The van der Waals surface area contributed by atoms with Crippen LogP contribution < -0.4 is 10.9 Å².